The summed E-state index contributed by atoms with van der Waals surface area (Å²) in [7, 11) is 3.24. The van der Waals surface area contributed by atoms with Gasteiger partial charge in [0.15, 0.2) is 0 Å². The Balaban J connectivity index is 1.42. The average Bonchev–Trinajstić information content (AvgIpc) is 2.68. The molecule has 138 valence electrons. The maximum atomic E-state index is 12.2. The highest BCUT2D eigenvalue weighted by Crippen LogP contribution is 2.26. The molecule has 1 aliphatic heterocycles. The van der Waals surface area contributed by atoms with Crippen LogP contribution in [0.2, 0.25) is 0 Å². The lowest BCUT2D eigenvalue weighted by molar-refractivity contribution is 0.0200. The van der Waals surface area contributed by atoms with E-state index >= 15 is 0 Å². The molecule has 0 spiro atoms. The highest BCUT2D eigenvalue weighted by atomic mass is 16.5. The number of carbonyl (C=O) groups excluding carboxylic acids is 1. The molecule has 0 aliphatic carbocycles. The number of hydrogen-bond donors (Lipinski definition) is 0. The molecule has 1 aliphatic rings. The van der Waals surface area contributed by atoms with Crippen molar-refractivity contribution in [2.24, 2.45) is 0 Å². The summed E-state index contributed by atoms with van der Waals surface area (Å²) in [6.45, 7) is 1.20. The summed E-state index contributed by atoms with van der Waals surface area (Å²) in [4.78, 5) is 12.2. The van der Waals surface area contributed by atoms with Crippen molar-refractivity contribution >= 4 is 5.97 Å². The normalized spacial score (nSPS) is 15.9. The van der Waals surface area contributed by atoms with Crippen LogP contribution < -0.4 is 9.47 Å². The van der Waals surface area contributed by atoms with Gasteiger partial charge in [-0.15, -0.1) is 0 Å². The first kappa shape index (κ1) is 18.3. The van der Waals surface area contributed by atoms with E-state index in [2.05, 4.69) is 0 Å². The largest absolute Gasteiger partial charge is 0.497 e. The number of hydrogen-bond acceptors (Lipinski definition) is 5. The van der Waals surface area contributed by atoms with E-state index in [4.69, 9.17) is 18.9 Å². The van der Waals surface area contributed by atoms with Gasteiger partial charge in [0.1, 0.15) is 17.6 Å². The summed E-state index contributed by atoms with van der Waals surface area (Å²) in [6, 6.07) is 13.4. The van der Waals surface area contributed by atoms with Gasteiger partial charge in [0, 0.05) is 13.0 Å². The van der Waals surface area contributed by atoms with E-state index in [0.29, 0.717) is 24.5 Å². The first-order valence-electron chi connectivity index (χ1n) is 8.78. The Morgan fingerprint density at radius 3 is 2.50 bits per heavy atom. The molecule has 0 N–H and O–H groups in total. The molecule has 0 aromatic heterocycles. The molecule has 3 rings (SSSR count). The third kappa shape index (κ3) is 4.55. The van der Waals surface area contributed by atoms with E-state index in [1.54, 1.807) is 20.3 Å². The van der Waals surface area contributed by atoms with E-state index in [9.17, 15) is 4.79 Å². The Labute approximate surface area is 153 Å². The van der Waals surface area contributed by atoms with Crippen LogP contribution in [-0.4, -0.2) is 32.9 Å². The molecule has 1 heterocycles. The second-order valence-corrected chi connectivity index (χ2v) is 6.30. The van der Waals surface area contributed by atoms with Crippen LogP contribution in [0.15, 0.2) is 42.5 Å². The second-order valence-electron chi connectivity index (χ2n) is 6.30. The predicted molar refractivity (Wildman–Crippen MR) is 97.8 cm³/mol. The van der Waals surface area contributed by atoms with Crippen LogP contribution in [0.3, 0.4) is 0 Å². The lowest BCUT2D eigenvalue weighted by Gasteiger charge is -2.25. The predicted octanol–water partition coefficient (Wildman–Crippen LogP) is 3.78. The minimum Gasteiger partial charge on any atom is -0.497 e. The monoisotopic (exact) mass is 356 g/mol. The molecule has 5 heteroatoms. The molecule has 5 nitrogen and oxygen atoms in total. The zero-order chi connectivity index (χ0) is 18.4. The molecule has 0 fully saturated rings. The molecule has 0 bridgehead atoms. The van der Waals surface area contributed by atoms with Crippen LogP contribution in [0.1, 0.15) is 34.3 Å². The van der Waals surface area contributed by atoms with Gasteiger partial charge in [-0.25, -0.2) is 4.79 Å². The van der Waals surface area contributed by atoms with Crippen molar-refractivity contribution in [3.8, 4) is 11.5 Å². The van der Waals surface area contributed by atoms with Crippen LogP contribution in [0, 0.1) is 0 Å². The third-order valence-corrected chi connectivity index (χ3v) is 4.50. The summed E-state index contributed by atoms with van der Waals surface area (Å²) < 4.78 is 21.6. The van der Waals surface area contributed by atoms with Gasteiger partial charge in [-0.2, -0.15) is 0 Å². The summed E-state index contributed by atoms with van der Waals surface area (Å²) in [6.07, 6.45) is 2.29. The molecule has 1 atom stereocenters. The number of benzene rings is 2. The van der Waals surface area contributed by atoms with Crippen molar-refractivity contribution in [3.63, 3.8) is 0 Å². The van der Waals surface area contributed by atoms with Gasteiger partial charge in [0.25, 0.3) is 0 Å². The van der Waals surface area contributed by atoms with E-state index in [1.807, 2.05) is 36.4 Å². The molecule has 0 radical (unpaired) electrons. The van der Waals surface area contributed by atoms with Crippen molar-refractivity contribution in [2.45, 2.75) is 32.0 Å². The van der Waals surface area contributed by atoms with Crippen molar-refractivity contribution in [1.29, 1.82) is 0 Å². The maximum absolute atomic E-state index is 12.2. The van der Waals surface area contributed by atoms with Crippen LogP contribution in [0.5, 0.6) is 11.5 Å². The average molecular weight is 356 g/mol. The standard InChI is InChI=1S/C21H24O5/c1-23-17-8-5-15(6-9-17)14-25-11-3-4-19-12-16-7-10-18(24-2)13-20(16)21(22)26-19/h5-10,13,19H,3-4,11-12,14H2,1-2H3. The first-order valence-corrected chi connectivity index (χ1v) is 8.78. The molecule has 0 saturated carbocycles. The van der Waals surface area contributed by atoms with Crippen LogP contribution >= 0.6 is 0 Å². The van der Waals surface area contributed by atoms with Gasteiger partial charge in [-0.05, 0) is 48.2 Å². The summed E-state index contributed by atoms with van der Waals surface area (Å²) >= 11 is 0. The van der Waals surface area contributed by atoms with Gasteiger partial charge < -0.3 is 18.9 Å². The van der Waals surface area contributed by atoms with Crippen LogP contribution in [0.4, 0.5) is 0 Å². The van der Waals surface area contributed by atoms with Crippen LogP contribution in [-0.2, 0) is 22.5 Å². The number of carbonyl (C=O) groups is 1. The third-order valence-electron chi connectivity index (χ3n) is 4.50. The van der Waals surface area contributed by atoms with Crippen molar-refractivity contribution < 1.29 is 23.7 Å². The summed E-state index contributed by atoms with van der Waals surface area (Å²) in [5, 5.41) is 0. The number of esters is 1. The second kappa shape index (κ2) is 8.72. The quantitative estimate of drug-likeness (QED) is 0.532. The smallest absolute Gasteiger partial charge is 0.338 e. The number of fused-ring (bicyclic) bond motifs is 1. The topological polar surface area (TPSA) is 54.0 Å². The Morgan fingerprint density at radius 1 is 1.04 bits per heavy atom. The van der Waals surface area contributed by atoms with Gasteiger partial charge in [-0.3, -0.25) is 0 Å². The Kier molecular flexibility index (Phi) is 6.12. The fourth-order valence-electron chi connectivity index (χ4n) is 3.04. The lowest BCUT2D eigenvalue weighted by Crippen LogP contribution is -2.28. The molecular weight excluding hydrogens is 332 g/mol. The van der Waals surface area contributed by atoms with E-state index < -0.39 is 0 Å². The van der Waals surface area contributed by atoms with E-state index in [-0.39, 0.29) is 12.1 Å². The SMILES string of the molecule is COc1ccc(COCCCC2Cc3ccc(OC)cc3C(=O)O2)cc1. The molecule has 2 aromatic rings. The number of rotatable bonds is 8. The van der Waals surface area contributed by atoms with Crippen LogP contribution in [0.25, 0.3) is 0 Å². The van der Waals surface area contributed by atoms with E-state index in [0.717, 1.165) is 36.1 Å². The first-order chi connectivity index (χ1) is 12.7. The molecule has 0 amide bonds. The molecule has 26 heavy (non-hydrogen) atoms. The van der Waals surface area contributed by atoms with Gasteiger partial charge in [-0.1, -0.05) is 18.2 Å². The highest BCUT2D eigenvalue weighted by Gasteiger charge is 2.26. The lowest BCUT2D eigenvalue weighted by atomic mass is 9.96. The summed E-state index contributed by atoms with van der Waals surface area (Å²) in [5.41, 5.74) is 2.74. The fourth-order valence-corrected chi connectivity index (χ4v) is 3.04. The maximum Gasteiger partial charge on any atom is 0.338 e. The number of methoxy groups -OCH3 is 2. The fraction of sp³-hybridized carbons (Fsp3) is 0.381. The minimum atomic E-state index is -0.269. The zero-order valence-corrected chi connectivity index (χ0v) is 15.2. The Bertz CT molecular complexity index is 739. The molecule has 0 saturated heterocycles. The minimum absolute atomic E-state index is 0.0898. The molecule has 1 unspecified atom stereocenters. The Hall–Kier alpha value is -2.53. The number of ether oxygens (including phenoxy) is 4. The highest BCUT2D eigenvalue weighted by molar-refractivity contribution is 5.92. The van der Waals surface area contributed by atoms with E-state index in [1.165, 1.54) is 0 Å². The summed E-state index contributed by atoms with van der Waals surface area (Å²) in [5.74, 6) is 1.24. The van der Waals surface area contributed by atoms with Gasteiger partial charge in [0.2, 0.25) is 0 Å². The molecular formula is C21H24O5. The van der Waals surface area contributed by atoms with Crippen molar-refractivity contribution in [1.82, 2.24) is 0 Å². The molecule has 2 aromatic carbocycles. The van der Waals surface area contributed by atoms with Crippen molar-refractivity contribution in [2.75, 3.05) is 20.8 Å². The van der Waals surface area contributed by atoms with Crippen molar-refractivity contribution in [3.05, 3.63) is 59.2 Å². The Morgan fingerprint density at radius 2 is 1.77 bits per heavy atom. The number of cyclic esters (lactones) is 1. The zero-order valence-electron chi connectivity index (χ0n) is 15.2. The van der Waals surface area contributed by atoms with Gasteiger partial charge in [0.05, 0.1) is 26.4 Å². The van der Waals surface area contributed by atoms with Gasteiger partial charge >= 0.3 is 5.97 Å².